The van der Waals surface area contributed by atoms with E-state index in [1.54, 1.807) is 11.8 Å². The summed E-state index contributed by atoms with van der Waals surface area (Å²) in [5.41, 5.74) is 2.17. The van der Waals surface area contributed by atoms with Crippen LogP contribution in [0.15, 0.2) is 41.5 Å². The summed E-state index contributed by atoms with van der Waals surface area (Å²) in [5, 5.41) is 2.20. The molecule has 1 heterocycles. The average molecular weight is 259 g/mol. The van der Waals surface area contributed by atoms with E-state index in [0.717, 1.165) is 16.2 Å². The highest BCUT2D eigenvalue weighted by Crippen LogP contribution is 2.14. The van der Waals surface area contributed by atoms with Gasteiger partial charge in [0.25, 0.3) is 0 Å². The molecular weight excluding hydrogens is 242 g/mol. The molecule has 0 spiro atoms. The Kier molecular flexibility index (Phi) is 4.20. The fourth-order valence-electron chi connectivity index (χ4n) is 1.75. The van der Waals surface area contributed by atoms with Gasteiger partial charge in [-0.05, 0) is 24.0 Å². The molecule has 0 aliphatic rings. The van der Waals surface area contributed by atoms with Crippen molar-refractivity contribution in [3.63, 3.8) is 0 Å². The fraction of sp³-hybridized carbons (Fsp3) is 0.286. The van der Waals surface area contributed by atoms with E-state index in [9.17, 15) is 0 Å². The molecule has 0 radical (unpaired) electrons. The van der Waals surface area contributed by atoms with Gasteiger partial charge in [0.1, 0.15) is 0 Å². The number of para-hydroxylation sites is 1. The number of nitrogens with zero attached hydrogens (tertiary/aromatic N) is 3. The second-order valence-electron chi connectivity index (χ2n) is 4.23. The summed E-state index contributed by atoms with van der Waals surface area (Å²) in [5.74, 6) is 0. The molecule has 94 valence electrons. The number of fused-ring (bicyclic) bond motifs is 1. The highest BCUT2D eigenvalue weighted by Gasteiger charge is 2.00. The summed E-state index contributed by atoms with van der Waals surface area (Å²) in [6, 6.07) is 10.3. The molecule has 2 rings (SSSR count). The topological polar surface area (TPSA) is 28.5 Å². The number of pyridine rings is 1. The Morgan fingerprint density at radius 3 is 2.83 bits per heavy atom. The molecule has 0 aliphatic heterocycles. The zero-order chi connectivity index (χ0) is 13.0. The number of hydrogen-bond acceptors (Lipinski definition) is 3. The first kappa shape index (κ1) is 12.9. The lowest BCUT2D eigenvalue weighted by molar-refractivity contribution is 0.632. The maximum atomic E-state index is 4.58. The van der Waals surface area contributed by atoms with Crippen LogP contribution >= 0.6 is 11.8 Å². The van der Waals surface area contributed by atoms with Crippen LogP contribution in [0.5, 0.6) is 0 Å². The molecule has 1 aromatic carbocycles. The van der Waals surface area contributed by atoms with E-state index in [4.69, 9.17) is 0 Å². The van der Waals surface area contributed by atoms with Crippen LogP contribution in [0.4, 0.5) is 0 Å². The van der Waals surface area contributed by atoms with E-state index in [1.165, 1.54) is 5.39 Å². The number of benzene rings is 1. The van der Waals surface area contributed by atoms with Crippen molar-refractivity contribution in [2.75, 3.05) is 20.4 Å². The Morgan fingerprint density at radius 2 is 2.11 bits per heavy atom. The predicted octanol–water partition coefficient (Wildman–Crippen LogP) is 3.02. The number of hydrogen-bond donors (Lipinski definition) is 0. The SMILES string of the molecule is CSC(=NCc1cnc2ccccc2c1)N(C)C. The fourth-order valence-corrected chi connectivity index (χ4v) is 2.31. The van der Waals surface area contributed by atoms with Gasteiger partial charge in [0.15, 0.2) is 5.17 Å². The third kappa shape index (κ3) is 3.01. The lowest BCUT2D eigenvalue weighted by Crippen LogP contribution is -2.18. The van der Waals surface area contributed by atoms with Gasteiger partial charge in [0.05, 0.1) is 12.1 Å². The second-order valence-corrected chi connectivity index (χ2v) is 5.01. The lowest BCUT2D eigenvalue weighted by atomic mass is 10.1. The van der Waals surface area contributed by atoms with Gasteiger partial charge in [-0.25, -0.2) is 0 Å². The molecule has 0 N–H and O–H groups in total. The molecule has 0 atom stereocenters. The molecule has 2 aromatic rings. The van der Waals surface area contributed by atoms with Crippen molar-refractivity contribution in [1.82, 2.24) is 9.88 Å². The number of aliphatic imine (C=N–C) groups is 1. The molecule has 0 bridgehead atoms. The van der Waals surface area contributed by atoms with Crippen molar-refractivity contribution in [2.24, 2.45) is 4.99 Å². The Labute approximate surface area is 112 Å². The Bertz CT molecular complexity index is 564. The minimum atomic E-state index is 0.673. The minimum Gasteiger partial charge on any atom is -0.358 e. The standard InChI is InChI=1S/C14H17N3S/c1-17(2)14(18-3)16-10-11-8-12-6-4-5-7-13(12)15-9-11/h4-9H,10H2,1-3H3. The molecule has 0 aliphatic carbocycles. The summed E-state index contributed by atoms with van der Waals surface area (Å²) in [6.45, 7) is 0.673. The van der Waals surface area contributed by atoms with E-state index in [2.05, 4.69) is 22.1 Å². The summed E-state index contributed by atoms with van der Waals surface area (Å²) < 4.78 is 0. The van der Waals surface area contributed by atoms with Crippen LogP contribution in [0.1, 0.15) is 5.56 Å². The highest BCUT2D eigenvalue weighted by atomic mass is 32.2. The van der Waals surface area contributed by atoms with Gasteiger partial charge in [-0.2, -0.15) is 0 Å². The number of thioether (sulfide) groups is 1. The van der Waals surface area contributed by atoms with Gasteiger partial charge in [0, 0.05) is 25.7 Å². The summed E-state index contributed by atoms with van der Waals surface area (Å²) in [6.07, 6.45) is 3.94. The summed E-state index contributed by atoms with van der Waals surface area (Å²) >= 11 is 1.66. The molecule has 0 fully saturated rings. The van der Waals surface area contributed by atoms with Gasteiger partial charge >= 0.3 is 0 Å². The maximum Gasteiger partial charge on any atom is 0.158 e. The molecule has 4 heteroatoms. The minimum absolute atomic E-state index is 0.673. The van der Waals surface area contributed by atoms with Crippen molar-refractivity contribution in [2.45, 2.75) is 6.54 Å². The monoisotopic (exact) mass is 259 g/mol. The van der Waals surface area contributed by atoms with Crippen molar-refractivity contribution >= 4 is 27.8 Å². The van der Waals surface area contributed by atoms with E-state index in [-0.39, 0.29) is 0 Å². The van der Waals surface area contributed by atoms with Crippen LogP contribution in [-0.2, 0) is 6.54 Å². The lowest BCUT2D eigenvalue weighted by Gasteiger charge is -2.12. The van der Waals surface area contributed by atoms with Crippen molar-refractivity contribution < 1.29 is 0 Å². The molecule has 0 saturated carbocycles. The predicted molar refractivity (Wildman–Crippen MR) is 80.1 cm³/mol. The summed E-state index contributed by atoms with van der Waals surface area (Å²) in [4.78, 5) is 11.1. The van der Waals surface area contributed by atoms with Crippen LogP contribution in [0.25, 0.3) is 10.9 Å². The smallest absolute Gasteiger partial charge is 0.158 e. The number of rotatable bonds is 2. The van der Waals surface area contributed by atoms with Gasteiger partial charge in [0.2, 0.25) is 0 Å². The maximum absolute atomic E-state index is 4.58. The van der Waals surface area contributed by atoms with Gasteiger partial charge in [-0.3, -0.25) is 9.98 Å². The van der Waals surface area contributed by atoms with Crippen LogP contribution in [-0.4, -0.2) is 35.4 Å². The van der Waals surface area contributed by atoms with Gasteiger partial charge < -0.3 is 4.90 Å². The third-order valence-electron chi connectivity index (χ3n) is 2.61. The third-order valence-corrected chi connectivity index (χ3v) is 3.47. The Hall–Kier alpha value is -1.55. The Morgan fingerprint density at radius 1 is 1.33 bits per heavy atom. The van der Waals surface area contributed by atoms with Gasteiger partial charge in [-0.15, -0.1) is 0 Å². The molecular formula is C14H17N3S. The zero-order valence-electron chi connectivity index (χ0n) is 10.9. The number of aromatic nitrogens is 1. The molecule has 3 nitrogen and oxygen atoms in total. The first-order valence-electron chi connectivity index (χ1n) is 5.80. The van der Waals surface area contributed by atoms with Crippen LogP contribution in [0.2, 0.25) is 0 Å². The highest BCUT2D eigenvalue weighted by molar-refractivity contribution is 8.13. The van der Waals surface area contributed by atoms with E-state index in [0.29, 0.717) is 6.54 Å². The van der Waals surface area contributed by atoms with Crippen LogP contribution in [0, 0.1) is 0 Å². The van der Waals surface area contributed by atoms with Crippen LogP contribution in [0.3, 0.4) is 0 Å². The van der Waals surface area contributed by atoms with Crippen molar-refractivity contribution in [1.29, 1.82) is 0 Å². The second kappa shape index (κ2) is 5.87. The Balaban J connectivity index is 2.22. The molecule has 1 aromatic heterocycles. The van der Waals surface area contributed by atoms with Crippen molar-refractivity contribution in [3.05, 3.63) is 42.1 Å². The first-order valence-corrected chi connectivity index (χ1v) is 7.02. The molecule has 0 saturated heterocycles. The van der Waals surface area contributed by atoms with Gasteiger partial charge in [-0.1, -0.05) is 30.0 Å². The normalized spacial score (nSPS) is 11.8. The van der Waals surface area contributed by atoms with E-state index in [1.807, 2.05) is 49.6 Å². The molecule has 18 heavy (non-hydrogen) atoms. The average Bonchev–Trinajstić information content (AvgIpc) is 2.39. The quantitative estimate of drug-likeness (QED) is 0.613. The van der Waals surface area contributed by atoms with Crippen LogP contribution < -0.4 is 0 Å². The zero-order valence-corrected chi connectivity index (χ0v) is 11.7. The molecule has 0 unspecified atom stereocenters. The largest absolute Gasteiger partial charge is 0.358 e. The summed E-state index contributed by atoms with van der Waals surface area (Å²) in [7, 11) is 4.02. The van der Waals surface area contributed by atoms with E-state index < -0.39 is 0 Å². The first-order chi connectivity index (χ1) is 8.70. The van der Waals surface area contributed by atoms with E-state index >= 15 is 0 Å². The molecule has 0 amide bonds. The van der Waals surface area contributed by atoms with Crippen molar-refractivity contribution in [3.8, 4) is 0 Å². The number of amidine groups is 1.